The standard InChI is InChI=1S/C20H28N6O2/c1-3-4-11-22-19-23-13-17-18(24-19)26(20(27)25(17)12-5-10-21)14-15-6-8-16(28-2)9-7-15/h6-9,13H,3-5,10-12,14,21H2,1-2H3,(H,22,23,24). The van der Waals surface area contributed by atoms with Gasteiger partial charge in [0.2, 0.25) is 5.95 Å². The van der Waals surface area contributed by atoms with Gasteiger partial charge in [0.1, 0.15) is 11.3 Å². The highest BCUT2D eigenvalue weighted by atomic mass is 16.5. The summed E-state index contributed by atoms with van der Waals surface area (Å²) in [6, 6.07) is 7.69. The van der Waals surface area contributed by atoms with Gasteiger partial charge in [0.25, 0.3) is 0 Å². The molecule has 0 radical (unpaired) electrons. The lowest BCUT2D eigenvalue weighted by atomic mass is 10.2. The molecule has 0 saturated carbocycles. The Morgan fingerprint density at radius 3 is 2.64 bits per heavy atom. The van der Waals surface area contributed by atoms with E-state index in [-0.39, 0.29) is 5.69 Å². The van der Waals surface area contributed by atoms with Crippen LogP contribution in [-0.2, 0) is 13.1 Å². The molecule has 28 heavy (non-hydrogen) atoms. The molecule has 0 bridgehead atoms. The Hall–Kier alpha value is -2.87. The van der Waals surface area contributed by atoms with Crippen LogP contribution < -0.4 is 21.5 Å². The average molecular weight is 384 g/mol. The quantitative estimate of drug-likeness (QED) is 0.520. The van der Waals surface area contributed by atoms with E-state index in [1.165, 1.54) is 0 Å². The van der Waals surface area contributed by atoms with Crippen LogP contribution in [0.3, 0.4) is 0 Å². The Bertz CT molecular complexity index is 961. The summed E-state index contributed by atoms with van der Waals surface area (Å²) < 4.78 is 8.62. The van der Waals surface area contributed by atoms with E-state index in [9.17, 15) is 4.79 Å². The number of hydrogen-bond acceptors (Lipinski definition) is 6. The maximum atomic E-state index is 13.1. The molecule has 0 saturated heterocycles. The second-order valence-corrected chi connectivity index (χ2v) is 6.69. The van der Waals surface area contributed by atoms with Gasteiger partial charge in [-0.2, -0.15) is 4.98 Å². The molecule has 0 aliphatic carbocycles. The maximum Gasteiger partial charge on any atom is 0.330 e. The van der Waals surface area contributed by atoms with Gasteiger partial charge in [-0.05, 0) is 37.1 Å². The molecular formula is C20H28N6O2. The molecule has 2 heterocycles. The van der Waals surface area contributed by atoms with Crippen molar-refractivity contribution in [2.24, 2.45) is 5.73 Å². The first kappa shape index (κ1) is 19.9. The number of benzene rings is 1. The van der Waals surface area contributed by atoms with Gasteiger partial charge in [-0.25, -0.2) is 9.78 Å². The number of imidazole rings is 1. The van der Waals surface area contributed by atoms with E-state index in [1.807, 2.05) is 24.3 Å². The number of aromatic nitrogens is 4. The van der Waals surface area contributed by atoms with Crippen LogP contribution in [0.25, 0.3) is 11.2 Å². The van der Waals surface area contributed by atoms with Gasteiger partial charge < -0.3 is 15.8 Å². The number of anilines is 1. The fourth-order valence-corrected chi connectivity index (χ4v) is 3.08. The lowest BCUT2D eigenvalue weighted by molar-refractivity contribution is 0.414. The summed E-state index contributed by atoms with van der Waals surface area (Å²) in [5, 5.41) is 3.23. The van der Waals surface area contributed by atoms with Gasteiger partial charge in [0, 0.05) is 13.1 Å². The minimum Gasteiger partial charge on any atom is -0.497 e. The lowest BCUT2D eigenvalue weighted by Gasteiger charge is -2.06. The SMILES string of the molecule is CCCCNc1ncc2c(n1)n(Cc1ccc(OC)cc1)c(=O)n2CCCN. The zero-order chi connectivity index (χ0) is 19.9. The molecule has 0 spiro atoms. The van der Waals surface area contributed by atoms with E-state index in [0.717, 1.165) is 42.6 Å². The van der Waals surface area contributed by atoms with Crippen molar-refractivity contribution >= 4 is 17.1 Å². The van der Waals surface area contributed by atoms with Crippen molar-refractivity contribution in [3.05, 3.63) is 46.5 Å². The van der Waals surface area contributed by atoms with Crippen LogP contribution in [0.1, 0.15) is 31.7 Å². The number of ether oxygens (including phenoxy) is 1. The maximum absolute atomic E-state index is 13.1. The number of rotatable bonds is 10. The third-order valence-electron chi connectivity index (χ3n) is 4.66. The summed E-state index contributed by atoms with van der Waals surface area (Å²) in [7, 11) is 1.63. The summed E-state index contributed by atoms with van der Waals surface area (Å²) in [6.07, 6.45) is 4.57. The van der Waals surface area contributed by atoms with E-state index in [2.05, 4.69) is 22.2 Å². The van der Waals surface area contributed by atoms with Crippen LogP contribution in [-0.4, -0.2) is 39.3 Å². The highest BCUT2D eigenvalue weighted by Crippen LogP contribution is 2.16. The number of nitrogens with one attached hydrogen (secondary N) is 1. The minimum atomic E-state index is -0.0979. The van der Waals surface area contributed by atoms with Crippen LogP contribution >= 0.6 is 0 Å². The molecule has 0 unspecified atom stereocenters. The average Bonchev–Trinajstić information content (AvgIpc) is 2.98. The largest absolute Gasteiger partial charge is 0.497 e. The number of aryl methyl sites for hydroxylation is 1. The lowest BCUT2D eigenvalue weighted by Crippen LogP contribution is -2.25. The Labute approximate surface area is 164 Å². The second kappa shape index (κ2) is 9.36. The van der Waals surface area contributed by atoms with E-state index in [4.69, 9.17) is 10.5 Å². The highest BCUT2D eigenvalue weighted by molar-refractivity contribution is 5.72. The van der Waals surface area contributed by atoms with Gasteiger partial charge in [-0.15, -0.1) is 0 Å². The zero-order valence-electron chi connectivity index (χ0n) is 16.5. The van der Waals surface area contributed by atoms with Crippen LogP contribution in [0.15, 0.2) is 35.3 Å². The first-order chi connectivity index (χ1) is 13.7. The molecule has 0 fully saturated rings. The molecule has 3 aromatic rings. The van der Waals surface area contributed by atoms with Crippen LogP contribution in [0.5, 0.6) is 5.75 Å². The topological polar surface area (TPSA) is 100.0 Å². The van der Waals surface area contributed by atoms with Crippen molar-refractivity contribution in [3.8, 4) is 5.75 Å². The van der Waals surface area contributed by atoms with Gasteiger partial charge in [-0.3, -0.25) is 9.13 Å². The Balaban J connectivity index is 2.00. The molecule has 3 N–H and O–H groups in total. The molecule has 8 nitrogen and oxygen atoms in total. The number of nitrogens with two attached hydrogens (primary N) is 1. The van der Waals surface area contributed by atoms with Gasteiger partial charge in [0.05, 0.1) is 19.9 Å². The number of unbranched alkanes of at least 4 members (excludes halogenated alkanes) is 1. The summed E-state index contributed by atoms with van der Waals surface area (Å²) in [6.45, 7) is 4.44. The minimum absolute atomic E-state index is 0.0979. The van der Waals surface area contributed by atoms with E-state index in [0.29, 0.717) is 31.2 Å². The number of fused-ring (bicyclic) bond motifs is 1. The molecule has 0 atom stereocenters. The van der Waals surface area contributed by atoms with Crippen LogP contribution in [0.2, 0.25) is 0 Å². The predicted molar refractivity (Wildman–Crippen MR) is 111 cm³/mol. The molecule has 0 aliphatic rings. The van der Waals surface area contributed by atoms with Crippen molar-refractivity contribution in [1.82, 2.24) is 19.1 Å². The normalized spacial score (nSPS) is 11.1. The van der Waals surface area contributed by atoms with Crippen molar-refractivity contribution in [3.63, 3.8) is 0 Å². The van der Waals surface area contributed by atoms with Crippen molar-refractivity contribution < 1.29 is 4.74 Å². The second-order valence-electron chi connectivity index (χ2n) is 6.69. The summed E-state index contributed by atoms with van der Waals surface area (Å²) in [4.78, 5) is 22.1. The van der Waals surface area contributed by atoms with E-state index >= 15 is 0 Å². The van der Waals surface area contributed by atoms with Gasteiger partial charge in [0.15, 0.2) is 5.65 Å². The molecule has 0 aliphatic heterocycles. The molecule has 150 valence electrons. The Morgan fingerprint density at radius 1 is 1.18 bits per heavy atom. The smallest absolute Gasteiger partial charge is 0.330 e. The van der Waals surface area contributed by atoms with Crippen LogP contribution in [0.4, 0.5) is 5.95 Å². The number of hydrogen-bond donors (Lipinski definition) is 2. The van der Waals surface area contributed by atoms with Gasteiger partial charge >= 0.3 is 5.69 Å². The van der Waals surface area contributed by atoms with E-state index in [1.54, 1.807) is 22.4 Å². The fourth-order valence-electron chi connectivity index (χ4n) is 3.08. The summed E-state index contributed by atoms with van der Waals surface area (Å²) in [5.41, 5.74) is 7.91. The highest BCUT2D eigenvalue weighted by Gasteiger charge is 2.16. The molecule has 3 rings (SSSR count). The molecular weight excluding hydrogens is 356 g/mol. The Kier molecular flexibility index (Phi) is 6.65. The summed E-state index contributed by atoms with van der Waals surface area (Å²) in [5.74, 6) is 1.33. The molecule has 2 aromatic heterocycles. The first-order valence-corrected chi connectivity index (χ1v) is 9.70. The van der Waals surface area contributed by atoms with Crippen molar-refractivity contribution in [2.75, 3.05) is 25.5 Å². The number of nitrogens with zero attached hydrogens (tertiary/aromatic N) is 4. The van der Waals surface area contributed by atoms with E-state index < -0.39 is 0 Å². The fraction of sp³-hybridized carbons (Fsp3) is 0.450. The zero-order valence-corrected chi connectivity index (χ0v) is 16.5. The summed E-state index contributed by atoms with van der Waals surface area (Å²) >= 11 is 0. The third kappa shape index (κ3) is 4.33. The van der Waals surface area contributed by atoms with Crippen LogP contribution in [0, 0.1) is 0 Å². The van der Waals surface area contributed by atoms with Crippen molar-refractivity contribution in [1.29, 1.82) is 0 Å². The van der Waals surface area contributed by atoms with Crippen molar-refractivity contribution in [2.45, 2.75) is 39.3 Å². The van der Waals surface area contributed by atoms with Gasteiger partial charge in [-0.1, -0.05) is 25.5 Å². The monoisotopic (exact) mass is 384 g/mol. The predicted octanol–water partition coefficient (Wildman–Crippen LogP) is 2.21. The third-order valence-corrected chi connectivity index (χ3v) is 4.66. The Morgan fingerprint density at radius 2 is 1.96 bits per heavy atom. The molecule has 1 aromatic carbocycles. The molecule has 8 heteroatoms. The first-order valence-electron chi connectivity index (χ1n) is 9.70. The molecule has 0 amide bonds. The number of methoxy groups -OCH3 is 1.